The molecular weight excluding hydrogens is 214 g/mol. The Labute approximate surface area is 102 Å². The molecule has 0 aromatic carbocycles. The van der Waals surface area contributed by atoms with Gasteiger partial charge in [0.1, 0.15) is 6.07 Å². The molecule has 1 heterocycles. The summed E-state index contributed by atoms with van der Waals surface area (Å²) in [7, 11) is 0. The first kappa shape index (κ1) is 12.3. The van der Waals surface area contributed by atoms with Crippen molar-refractivity contribution in [3.8, 4) is 6.07 Å². The van der Waals surface area contributed by atoms with Crippen molar-refractivity contribution < 1.29 is 9.53 Å². The molecule has 1 fully saturated rings. The van der Waals surface area contributed by atoms with Crippen molar-refractivity contribution in [3.63, 3.8) is 0 Å². The van der Waals surface area contributed by atoms with Gasteiger partial charge in [0.05, 0.1) is 23.2 Å². The van der Waals surface area contributed by atoms with Gasteiger partial charge in [-0.25, -0.2) is 0 Å². The fourth-order valence-corrected chi connectivity index (χ4v) is 3.19. The monoisotopic (exact) mass is 233 g/mol. The summed E-state index contributed by atoms with van der Waals surface area (Å²) in [5, 5.41) is 9.07. The molecule has 1 aliphatic heterocycles. The number of carbonyl (C=O) groups is 1. The van der Waals surface area contributed by atoms with E-state index in [0.29, 0.717) is 5.57 Å². The first-order chi connectivity index (χ1) is 7.81. The number of rotatable bonds is 0. The topological polar surface area (TPSA) is 50.1 Å². The minimum Gasteiger partial charge on any atom is -0.373 e. The number of Topliss-reactive ketones (excluding diaryl/α,β-unsaturated/α-hetero) is 1. The molecule has 2 rings (SSSR count). The SMILES string of the molecule is C[C@@H]1CC[C@@]2(C)C=C(C#N)C(=O)C(C)(C)[C@@H]2O1. The summed E-state index contributed by atoms with van der Waals surface area (Å²) in [6, 6.07) is 2.03. The Bertz CT molecular complexity index is 430. The van der Waals surface area contributed by atoms with E-state index in [0.717, 1.165) is 12.8 Å². The highest BCUT2D eigenvalue weighted by atomic mass is 16.5. The largest absolute Gasteiger partial charge is 0.373 e. The zero-order chi connectivity index (χ0) is 12.8. The van der Waals surface area contributed by atoms with Crippen molar-refractivity contribution in [3.05, 3.63) is 11.6 Å². The number of allylic oxidation sites excluding steroid dienone is 1. The Balaban J connectivity index is 2.51. The number of ether oxygens (including phenoxy) is 1. The van der Waals surface area contributed by atoms with Crippen LogP contribution >= 0.6 is 0 Å². The van der Waals surface area contributed by atoms with E-state index in [2.05, 4.69) is 6.92 Å². The maximum absolute atomic E-state index is 12.2. The highest BCUT2D eigenvalue weighted by Crippen LogP contribution is 2.50. The lowest BCUT2D eigenvalue weighted by atomic mass is 9.60. The fraction of sp³-hybridized carbons (Fsp3) is 0.714. The number of hydrogen-bond acceptors (Lipinski definition) is 3. The first-order valence-electron chi connectivity index (χ1n) is 6.14. The standard InChI is InChI=1S/C14H19NO2/c1-9-5-6-14(4)7-10(8-15)11(16)13(2,3)12(14)17-9/h7,9,12H,5-6H2,1-4H3/t9-,12+,14+/m1/s1. The molecule has 0 radical (unpaired) electrons. The van der Waals surface area contributed by atoms with Crippen LogP contribution in [0.25, 0.3) is 0 Å². The molecule has 3 nitrogen and oxygen atoms in total. The third kappa shape index (κ3) is 1.71. The molecule has 1 aliphatic carbocycles. The van der Waals surface area contributed by atoms with E-state index >= 15 is 0 Å². The summed E-state index contributed by atoms with van der Waals surface area (Å²) < 4.78 is 6.00. The van der Waals surface area contributed by atoms with Crippen molar-refractivity contribution in [1.82, 2.24) is 0 Å². The lowest BCUT2D eigenvalue weighted by Crippen LogP contribution is -2.55. The van der Waals surface area contributed by atoms with Gasteiger partial charge in [0.15, 0.2) is 5.78 Å². The summed E-state index contributed by atoms with van der Waals surface area (Å²) in [5.41, 5.74) is -0.495. The van der Waals surface area contributed by atoms with E-state index in [4.69, 9.17) is 10.00 Å². The Morgan fingerprint density at radius 3 is 2.71 bits per heavy atom. The second kappa shape index (κ2) is 3.68. The normalized spacial score (nSPS) is 40.2. The van der Waals surface area contributed by atoms with E-state index in [1.807, 2.05) is 32.9 Å². The second-order valence-electron chi connectivity index (χ2n) is 6.09. The minimum atomic E-state index is -0.608. The molecule has 92 valence electrons. The number of ketones is 1. The summed E-state index contributed by atoms with van der Waals surface area (Å²) >= 11 is 0. The summed E-state index contributed by atoms with van der Waals surface area (Å²) in [6.45, 7) is 7.92. The van der Waals surface area contributed by atoms with Gasteiger partial charge in [-0.3, -0.25) is 4.79 Å². The van der Waals surface area contributed by atoms with Crippen LogP contribution in [0.3, 0.4) is 0 Å². The van der Waals surface area contributed by atoms with Crippen LogP contribution in [0.2, 0.25) is 0 Å². The zero-order valence-corrected chi connectivity index (χ0v) is 10.9. The minimum absolute atomic E-state index is 0.0865. The van der Waals surface area contributed by atoms with Crippen LogP contribution in [0.5, 0.6) is 0 Å². The van der Waals surface area contributed by atoms with Gasteiger partial charge in [0, 0.05) is 5.41 Å². The van der Waals surface area contributed by atoms with Crippen LogP contribution in [0.1, 0.15) is 40.5 Å². The van der Waals surface area contributed by atoms with E-state index < -0.39 is 5.41 Å². The van der Waals surface area contributed by atoms with Gasteiger partial charge in [-0.1, -0.05) is 13.0 Å². The summed E-state index contributed by atoms with van der Waals surface area (Å²) in [4.78, 5) is 12.2. The Morgan fingerprint density at radius 2 is 2.12 bits per heavy atom. The average Bonchev–Trinajstić information content (AvgIpc) is 2.27. The fourth-order valence-electron chi connectivity index (χ4n) is 3.19. The van der Waals surface area contributed by atoms with Crippen LogP contribution in [0.15, 0.2) is 11.6 Å². The number of nitrogens with zero attached hydrogens (tertiary/aromatic N) is 1. The van der Waals surface area contributed by atoms with Crippen molar-refractivity contribution in [2.24, 2.45) is 10.8 Å². The van der Waals surface area contributed by atoms with Crippen molar-refractivity contribution in [1.29, 1.82) is 5.26 Å². The third-order valence-electron chi connectivity index (χ3n) is 4.14. The quantitative estimate of drug-likeness (QED) is 0.646. The van der Waals surface area contributed by atoms with E-state index in [9.17, 15) is 4.79 Å². The smallest absolute Gasteiger partial charge is 0.181 e. The lowest BCUT2D eigenvalue weighted by Gasteiger charge is -2.51. The van der Waals surface area contributed by atoms with Crippen LogP contribution in [0, 0.1) is 22.2 Å². The molecule has 0 bridgehead atoms. The molecule has 0 amide bonds. The van der Waals surface area contributed by atoms with Gasteiger partial charge in [-0.15, -0.1) is 0 Å². The first-order valence-corrected chi connectivity index (χ1v) is 6.14. The molecule has 1 saturated heterocycles. The highest BCUT2D eigenvalue weighted by Gasteiger charge is 2.54. The molecule has 2 aliphatic rings. The molecule has 0 aromatic rings. The van der Waals surface area contributed by atoms with Gasteiger partial charge < -0.3 is 4.74 Å². The van der Waals surface area contributed by atoms with Crippen LogP contribution in [0.4, 0.5) is 0 Å². The number of hydrogen-bond donors (Lipinski definition) is 0. The van der Waals surface area contributed by atoms with Gasteiger partial charge in [-0.2, -0.15) is 5.26 Å². The molecule has 0 N–H and O–H groups in total. The van der Waals surface area contributed by atoms with Gasteiger partial charge in [0.2, 0.25) is 0 Å². The van der Waals surface area contributed by atoms with Crippen LogP contribution < -0.4 is 0 Å². The van der Waals surface area contributed by atoms with Crippen molar-refractivity contribution in [2.45, 2.75) is 52.7 Å². The third-order valence-corrected chi connectivity index (χ3v) is 4.14. The molecule has 3 atom stereocenters. The van der Waals surface area contributed by atoms with Gasteiger partial charge in [-0.05, 0) is 33.6 Å². The molecule has 0 spiro atoms. The van der Waals surface area contributed by atoms with Crippen LogP contribution in [-0.4, -0.2) is 18.0 Å². The maximum Gasteiger partial charge on any atom is 0.181 e. The van der Waals surface area contributed by atoms with Crippen LogP contribution in [-0.2, 0) is 9.53 Å². The zero-order valence-electron chi connectivity index (χ0n) is 10.9. The predicted molar refractivity (Wildman–Crippen MR) is 64.2 cm³/mol. The molecule has 0 aromatic heterocycles. The Morgan fingerprint density at radius 1 is 1.47 bits per heavy atom. The molecule has 0 unspecified atom stereocenters. The predicted octanol–water partition coefficient (Wildman–Crippen LogP) is 2.62. The van der Waals surface area contributed by atoms with Crippen molar-refractivity contribution in [2.75, 3.05) is 0 Å². The van der Waals surface area contributed by atoms with Gasteiger partial charge >= 0.3 is 0 Å². The number of nitriles is 1. The molecule has 0 saturated carbocycles. The van der Waals surface area contributed by atoms with Gasteiger partial charge in [0.25, 0.3) is 0 Å². The second-order valence-corrected chi connectivity index (χ2v) is 6.09. The summed E-state index contributed by atoms with van der Waals surface area (Å²) in [5.74, 6) is -0.0865. The Hall–Kier alpha value is -1.14. The highest BCUT2D eigenvalue weighted by molar-refractivity contribution is 6.04. The Kier molecular flexibility index (Phi) is 2.67. The van der Waals surface area contributed by atoms with Crippen molar-refractivity contribution >= 4 is 5.78 Å². The lowest BCUT2D eigenvalue weighted by molar-refractivity contribution is -0.167. The maximum atomic E-state index is 12.2. The number of fused-ring (bicyclic) bond motifs is 1. The van der Waals surface area contributed by atoms with E-state index in [1.54, 1.807) is 0 Å². The average molecular weight is 233 g/mol. The van der Waals surface area contributed by atoms with E-state index in [1.165, 1.54) is 0 Å². The molecular formula is C14H19NO2. The number of carbonyl (C=O) groups excluding carboxylic acids is 1. The molecule has 17 heavy (non-hydrogen) atoms. The molecule has 3 heteroatoms. The van der Waals surface area contributed by atoms with E-state index in [-0.39, 0.29) is 23.4 Å². The summed E-state index contributed by atoms with van der Waals surface area (Å²) in [6.07, 6.45) is 3.85.